The summed E-state index contributed by atoms with van der Waals surface area (Å²) in [5.41, 5.74) is 10.1. The molecule has 2 aliphatic rings. The molecule has 2 heterocycles. The van der Waals surface area contributed by atoms with Gasteiger partial charge in [-0.05, 0) is 12.8 Å². The summed E-state index contributed by atoms with van der Waals surface area (Å²) < 4.78 is 10.3. The summed E-state index contributed by atoms with van der Waals surface area (Å²) in [6, 6.07) is 0. The Bertz CT molecular complexity index is 594. The number of nitrogens with two attached hydrogens (primary N) is 2. The highest BCUT2D eigenvalue weighted by molar-refractivity contribution is 5.88. The number of aromatic nitrogens is 3. The van der Waals surface area contributed by atoms with Crippen LogP contribution in [0.15, 0.2) is 11.6 Å². The highest BCUT2D eigenvalue weighted by atomic mass is 16.8. The Morgan fingerprint density at radius 2 is 1.53 bits per heavy atom. The second-order valence-electron chi connectivity index (χ2n) is 6.18. The molecule has 0 radical (unpaired) electrons. The van der Waals surface area contributed by atoms with Gasteiger partial charge in [0.15, 0.2) is 5.70 Å². The summed E-state index contributed by atoms with van der Waals surface area (Å²) in [5.74, 6) is -0.981. The quantitative estimate of drug-likeness (QED) is 0.493. The summed E-state index contributed by atoms with van der Waals surface area (Å²) in [6.07, 6.45) is 7.69. The van der Waals surface area contributed by atoms with Crippen LogP contribution in [0.2, 0.25) is 0 Å². The maximum absolute atomic E-state index is 11.2. The number of nitrogen functional groups attached to an aromatic ring is 1. The molecule has 0 atom stereocenters. The molecule has 1 aliphatic heterocycles. The Hall–Kier alpha value is -2.45. The SMILES string of the molecule is CC.CC.CCCC.CCc1nc(N)n[nH]1.NC1=C(O)OC2(CCCCC2)OC1=O. The molecule has 1 aromatic rings. The van der Waals surface area contributed by atoms with Crippen molar-refractivity contribution in [2.75, 3.05) is 5.73 Å². The molecule has 1 aromatic heterocycles. The van der Waals surface area contributed by atoms with E-state index in [4.69, 9.17) is 20.9 Å². The third kappa shape index (κ3) is 10.9. The van der Waals surface area contributed by atoms with E-state index >= 15 is 0 Å². The summed E-state index contributed by atoms with van der Waals surface area (Å²) in [7, 11) is 0. The molecule has 1 saturated carbocycles. The first-order valence-electron chi connectivity index (χ1n) is 11.1. The number of aliphatic hydroxyl groups is 1. The molecule has 0 unspecified atom stereocenters. The lowest BCUT2D eigenvalue weighted by Crippen LogP contribution is -2.45. The van der Waals surface area contributed by atoms with E-state index in [9.17, 15) is 9.90 Å². The summed E-state index contributed by atoms with van der Waals surface area (Å²) >= 11 is 0. The van der Waals surface area contributed by atoms with E-state index in [2.05, 4.69) is 29.0 Å². The predicted molar refractivity (Wildman–Crippen MR) is 120 cm³/mol. The average molecular weight is 430 g/mol. The second-order valence-corrected chi connectivity index (χ2v) is 6.18. The fraction of sp³-hybridized carbons (Fsp3) is 0.762. The fourth-order valence-corrected chi connectivity index (χ4v) is 2.33. The van der Waals surface area contributed by atoms with Gasteiger partial charge in [0.2, 0.25) is 5.95 Å². The van der Waals surface area contributed by atoms with Gasteiger partial charge in [-0.25, -0.2) is 4.79 Å². The lowest BCUT2D eigenvalue weighted by Gasteiger charge is -2.38. The molecule has 1 spiro atoms. The number of hydrogen-bond donors (Lipinski definition) is 4. The Morgan fingerprint density at radius 3 is 1.87 bits per heavy atom. The van der Waals surface area contributed by atoms with Gasteiger partial charge in [-0.1, -0.05) is 67.7 Å². The van der Waals surface area contributed by atoms with Crippen LogP contribution in [0.25, 0.3) is 0 Å². The van der Waals surface area contributed by atoms with Crippen LogP contribution in [0.3, 0.4) is 0 Å². The summed E-state index contributed by atoms with van der Waals surface area (Å²) in [4.78, 5) is 15.1. The van der Waals surface area contributed by atoms with E-state index < -0.39 is 17.7 Å². The number of aryl methyl sites for hydroxylation is 1. The number of nitrogens with one attached hydrogen (secondary N) is 1. The highest BCUT2D eigenvalue weighted by Gasteiger charge is 2.44. The molecule has 3 rings (SSSR count). The number of rotatable bonds is 2. The maximum atomic E-state index is 11.2. The minimum atomic E-state index is -0.956. The van der Waals surface area contributed by atoms with E-state index in [-0.39, 0.29) is 5.70 Å². The maximum Gasteiger partial charge on any atom is 0.364 e. The molecular formula is C21H43N5O4. The van der Waals surface area contributed by atoms with Gasteiger partial charge in [0.05, 0.1) is 0 Å². The number of nitrogens with zero attached hydrogens (tertiary/aromatic N) is 2. The Morgan fingerprint density at radius 1 is 1.00 bits per heavy atom. The number of unbranched alkanes of at least 4 members (excludes halogenated alkanes) is 1. The minimum Gasteiger partial charge on any atom is -0.479 e. The lowest BCUT2D eigenvalue weighted by atomic mass is 9.93. The molecule has 0 amide bonds. The van der Waals surface area contributed by atoms with Crippen molar-refractivity contribution in [3.05, 3.63) is 17.5 Å². The van der Waals surface area contributed by atoms with Crippen molar-refractivity contribution in [1.29, 1.82) is 0 Å². The number of aliphatic hydroxyl groups excluding tert-OH is 1. The van der Waals surface area contributed by atoms with Crippen LogP contribution in [0.4, 0.5) is 5.95 Å². The van der Waals surface area contributed by atoms with Gasteiger partial charge in [-0.2, -0.15) is 4.98 Å². The first-order chi connectivity index (χ1) is 14.4. The largest absolute Gasteiger partial charge is 0.479 e. The van der Waals surface area contributed by atoms with Crippen LogP contribution in [0.1, 0.15) is 99.2 Å². The number of hydrogen-bond acceptors (Lipinski definition) is 8. The Labute approximate surface area is 181 Å². The van der Waals surface area contributed by atoms with Crippen LogP contribution < -0.4 is 11.5 Å². The third-order valence-electron chi connectivity index (χ3n) is 4.01. The van der Waals surface area contributed by atoms with Gasteiger partial charge in [-0.15, -0.1) is 5.10 Å². The van der Waals surface area contributed by atoms with Gasteiger partial charge in [0.1, 0.15) is 5.82 Å². The van der Waals surface area contributed by atoms with Crippen molar-refractivity contribution in [3.63, 3.8) is 0 Å². The van der Waals surface area contributed by atoms with Crippen molar-refractivity contribution in [3.8, 4) is 0 Å². The molecule has 9 nitrogen and oxygen atoms in total. The topological polar surface area (TPSA) is 149 Å². The third-order valence-corrected chi connectivity index (χ3v) is 4.01. The first kappa shape index (κ1) is 29.7. The van der Waals surface area contributed by atoms with Crippen LogP contribution in [-0.4, -0.2) is 32.0 Å². The number of ether oxygens (including phenoxy) is 2. The normalized spacial score (nSPS) is 16.0. The van der Waals surface area contributed by atoms with Crippen LogP contribution in [-0.2, 0) is 20.7 Å². The van der Waals surface area contributed by atoms with Crippen LogP contribution in [0, 0.1) is 0 Å². The van der Waals surface area contributed by atoms with Crippen molar-refractivity contribution >= 4 is 11.9 Å². The molecule has 176 valence electrons. The van der Waals surface area contributed by atoms with E-state index in [0.29, 0.717) is 18.8 Å². The zero-order valence-corrected chi connectivity index (χ0v) is 19.9. The highest BCUT2D eigenvalue weighted by Crippen LogP contribution is 2.37. The zero-order valence-electron chi connectivity index (χ0n) is 19.9. The monoisotopic (exact) mass is 429 g/mol. The molecule has 30 heavy (non-hydrogen) atoms. The van der Waals surface area contributed by atoms with E-state index in [1.165, 1.54) is 12.8 Å². The second kappa shape index (κ2) is 17.4. The van der Waals surface area contributed by atoms with Crippen molar-refractivity contribution in [1.82, 2.24) is 15.2 Å². The number of carbonyl (C=O) groups excluding carboxylic acids is 1. The van der Waals surface area contributed by atoms with Gasteiger partial charge in [0, 0.05) is 19.3 Å². The predicted octanol–water partition coefficient (Wildman–Crippen LogP) is 4.71. The summed E-state index contributed by atoms with van der Waals surface area (Å²) in [6.45, 7) is 14.3. The van der Waals surface area contributed by atoms with Crippen molar-refractivity contribution in [2.24, 2.45) is 5.73 Å². The van der Waals surface area contributed by atoms with E-state index in [1.54, 1.807) is 0 Å². The van der Waals surface area contributed by atoms with Gasteiger partial charge in [-0.3, -0.25) is 5.10 Å². The van der Waals surface area contributed by atoms with Crippen LogP contribution in [0.5, 0.6) is 0 Å². The van der Waals surface area contributed by atoms with E-state index in [1.807, 2.05) is 34.6 Å². The molecule has 1 aliphatic carbocycles. The fourth-order valence-electron chi connectivity index (χ4n) is 2.33. The average Bonchev–Trinajstić information content (AvgIpc) is 3.21. The van der Waals surface area contributed by atoms with Gasteiger partial charge >= 0.3 is 11.9 Å². The first-order valence-corrected chi connectivity index (χ1v) is 11.1. The molecule has 1 fully saturated rings. The number of carbonyl (C=O) groups is 1. The number of H-pyrrole nitrogens is 1. The Balaban J connectivity index is 0. The standard InChI is InChI=1S/C9H13NO4.C4H8N4.C4H10.2C2H6/c10-6-7(11)13-9(14-8(6)12)4-2-1-3-5-9;1-2-3-6-4(5)8-7-3;1-3-4-2;2*1-2/h11H,1-5,10H2;2H2,1H3,(H3,5,6,7,8);3-4H2,1-2H3;2*1-2H3. The molecule has 6 N–H and O–H groups in total. The number of anilines is 1. The number of aromatic amines is 1. The van der Waals surface area contributed by atoms with Crippen molar-refractivity contribution < 1.29 is 19.4 Å². The molecule has 9 heteroatoms. The van der Waals surface area contributed by atoms with E-state index in [0.717, 1.165) is 31.5 Å². The zero-order chi connectivity index (χ0) is 23.6. The number of esters is 1. The van der Waals surface area contributed by atoms with Crippen molar-refractivity contribution in [2.45, 2.75) is 106 Å². The van der Waals surface area contributed by atoms with Crippen LogP contribution >= 0.6 is 0 Å². The summed E-state index contributed by atoms with van der Waals surface area (Å²) in [5, 5.41) is 15.6. The Kier molecular flexibility index (Phi) is 17.3. The lowest BCUT2D eigenvalue weighted by molar-refractivity contribution is -0.249. The molecular weight excluding hydrogens is 386 g/mol. The smallest absolute Gasteiger partial charge is 0.364 e. The molecule has 0 bridgehead atoms. The van der Waals surface area contributed by atoms with Gasteiger partial charge < -0.3 is 26.0 Å². The minimum absolute atomic E-state index is 0.321. The molecule has 0 aromatic carbocycles. The molecule has 0 saturated heterocycles. The van der Waals surface area contributed by atoms with Gasteiger partial charge in [0.25, 0.3) is 5.79 Å².